The lowest BCUT2D eigenvalue weighted by atomic mass is 10.0. The molecule has 0 aliphatic carbocycles. The van der Waals surface area contributed by atoms with Gasteiger partial charge in [0, 0.05) is 34.8 Å². The number of nitrogens with zero attached hydrogens (tertiary/aromatic N) is 3. The first kappa shape index (κ1) is 17.2. The number of nitrogens with one attached hydrogen (secondary N) is 1. The summed E-state index contributed by atoms with van der Waals surface area (Å²) in [5, 5.41) is 4.20. The van der Waals surface area contributed by atoms with Gasteiger partial charge in [-0.1, -0.05) is 22.0 Å². The first-order valence-electron chi connectivity index (χ1n) is 8.44. The molecular formula is C20H19BrN4S. The van der Waals surface area contributed by atoms with Gasteiger partial charge in [-0.2, -0.15) is 0 Å². The van der Waals surface area contributed by atoms with Gasteiger partial charge >= 0.3 is 0 Å². The van der Waals surface area contributed by atoms with Crippen molar-refractivity contribution < 1.29 is 0 Å². The van der Waals surface area contributed by atoms with E-state index in [0.29, 0.717) is 5.11 Å². The largest absolute Gasteiger partial charge is 0.351 e. The molecule has 1 saturated heterocycles. The smallest absolute Gasteiger partial charge is 0.174 e. The fourth-order valence-electron chi connectivity index (χ4n) is 3.47. The van der Waals surface area contributed by atoms with Crippen molar-refractivity contribution in [2.75, 3.05) is 4.90 Å². The van der Waals surface area contributed by atoms with Crippen LogP contribution in [-0.2, 0) is 7.05 Å². The Labute approximate surface area is 167 Å². The number of pyridine rings is 1. The standard InChI is InChI=1S/C20H19BrN4S/c1-13-6-11-17(24(13)2)19-18(16-5-3-4-12-22-16)23-20(26)25(19)15-9-7-14(21)8-10-15/h3-12,18-19H,1-2H3,(H,23,26)/t18-,19-/m1/s1. The second kappa shape index (κ2) is 6.85. The maximum Gasteiger partial charge on any atom is 0.174 e. The summed E-state index contributed by atoms with van der Waals surface area (Å²) in [5.74, 6) is 0. The fraction of sp³-hybridized carbons (Fsp3) is 0.200. The first-order valence-corrected chi connectivity index (χ1v) is 9.65. The van der Waals surface area contributed by atoms with E-state index < -0.39 is 0 Å². The van der Waals surface area contributed by atoms with Gasteiger partial charge in [-0.15, -0.1) is 0 Å². The average molecular weight is 427 g/mol. The molecule has 0 radical (unpaired) electrons. The zero-order valence-corrected chi connectivity index (χ0v) is 17.0. The van der Waals surface area contributed by atoms with E-state index in [1.807, 2.05) is 36.5 Å². The van der Waals surface area contributed by atoms with Gasteiger partial charge in [-0.3, -0.25) is 4.98 Å². The summed E-state index contributed by atoms with van der Waals surface area (Å²) in [6.45, 7) is 2.12. The Morgan fingerprint density at radius 3 is 2.46 bits per heavy atom. The predicted molar refractivity (Wildman–Crippen MR) is 112 cm³/mol. The normalized spacial score (nSPS) is 19.7. The molecule has 0 spiro atoms. The fourth-order valence-corrected chi connectivity index (χ4v) is 4.08. The molecule has 1 aromatic carbocycles. The van der Waals surface area contributed by atoms with E-state index in [1.54, 1.807) is 0 Å². The molecule has 0 unspecified atom stereocenters. The Bertz CT molecular complexity index is 936. The zero-order valence-electron chi connectivity index (χ0n) is 14.6. The number of halogens is 1. The summed E-state index contributed by atoms with van der Waals surface area (Å²) >= 11 is 9.24. The van der Waals surface area contributed by atoms with Crippen molar-refractivity contribution in [1.29, 1.82) is 0 Å². The van der Waals surface area contributed by atoms with Crippen LogP contribution in [0.4, 0.5) is 5.69 Å². The number of aromatic nitrogens is 2. The van der Waals surface area contributed by atoms with E-state index in [4.69, 9.17) is 12.2 Å². The van der Waals surface area contributed by atoms with Crippen molar-refractivity contribution in [3.05, 3.63) is 82.3 Å². The quantitative estimate of drug-likeness (QED) is 0.616. The van der Waals surface area contributed by atoms with Gasteiger partial charge in [0.05, 0.1) is 11.7 Å². The highest BCUT2D eigenvalue weighted by Crippen LogP contribution is 2.41. The Morgan fingerprint density at radius 2 is 1.85 bits per heavy atom. The molecule has 0 bridgehead atoms. The number of anilines is 1. The third-order valence-corrected chi connectivity index (χ3v) is 5.76. The van der Waals surface area contributed by atoms with Crippen LogP contribution in [0.2, 0.25) is 0 Å². The van der Waals surface area contributed by atoms with Crippen LogP contribution >= 0.6 is 28.1 Å². The molecule has 6 heteroatoms. The molecule has 0 saturated carbocycles. The third kappa shape index (κ3) is 2.93. The molecule has 1 aliphatic heterocycles. The van der Waals surface area contributed by atoms with Gasteiger partial charge in [0.15, 0.2) is 5.11 Å². The van der Waals surface area contributed by atoms with E-state index in [-0.39, 0.29) is 12.1 Å². The molecular weight excluding hydrogens is 408 g/mol. The second-order valence-electron chi connectivity index (χ2n) is 6.43. The summed E-state index contributed by atoms with van der Waals surface area (Å²) in [7, 11) is 2.10. The highest BCUT2D eigenvalue weighted by Gasteiger charge is 2.41. The lowest BCUT2D eigenvalue weighted by Crippen LogP contribution is -2.30. The summed E-state index contributed by atoms with van der Waals surface area (Å²) < 4.78 is 3.27. The minimum atomic E-state index is -0.0136. The molecule has 1 N–H and O–H groups in total. The molecule has 26 heavy (non-hydrogen) atoms. The van der Waals surface area contributed by atoms with Gasteiger partial charge in [-0.05, 0) is 67.7 Å². The van der Waals surface area contributed by atoms with Crippen LogP contribution in [0.1, 0.15) is 29.2 Å². The molecule has 4 rings (SSSR count). The monoisotopic (exact) mass is 426 g/mol. The van der Waals surface area contributed by atoms with Crippen LogP contribution < -0.4 is 10.2 Å². The minimum absolute atomic E-state index is 0.0136. The number of thiocarbonyl (C=S) groups is 1. The maximum absolute atomic E-state index is 5.73. The van der Waals surface area contributed by atoms with Crippen molar-refractivity contribution in [1.82, 2.24) is 14.9 Å². The van der Waals surface area contributed by atoms with Crippen LogP contribution in [0.25, 0.3) is 0 Å². The van der Waals surface area contributed by atoms with Crippen LogP contribution in [0.3, 0.4) is 0 Å². The second-order valence-corrected chi connectivity index (χ2v) is 7.73. The predicted octanol–water partition coefficient (Wildman–Crippen LogP) is 4.67. The Hall–Kier alpha value is -2.18. The first-order chi connectivity index (χ1) is 12.6. The Balaban J connectivity index is 1.85. The summed E-state index contributed by atoms with van der Waals surface area (Å²) in [4.78, 5) is 6.77. The Morgan fingerprint density at radius 1 is 1.08 bits per heavy atom. The molecule has 4 nitrogen and oxygen atoms in total. The number of hydrogen-bond acceptors (Lipinski definition) is 2. The van der Waals surface area contributed by atoms with Gasteiger partial charge in [0.25, 0.3) is 0 Å². The molecule has 2 aromatic heterocycles. The molecule has 0 amide bonds. The minimum Gasteiger partial charge on any atom is -0.351 e. The lowest BCUT2D eigenvalue weighted by molar-refractivity contribution is 0.539. The van der Waals surface area contributed by atoms with E-state index in [0.717, 1.165) is 15.9 Å². The van der Waals surface area contributed by atoms with E-state index in [1.165, 1.54) is 11.4 Å². The third-order valence-electron chi connectivity index (χ3n) is 4.92. The van der Waals surface area contributed by atoms with Crippen LogP contribution in [0.15, 0.2) is 65.3 Å². The zero-order chi connectivity index (χ0) is 18.3. The van der Waals surface area contributed by atoms with Crippen molar-refractivity contribution in [2.24, 2.45) is 7.05 Å². The molecule has 132 valence electrons. The number of benzene rings is 1. The molecule has 1 fully saturated rings. The van der Waals surface area contributed by atoms with E-state index in [2.05, 4.69) is 73.9 Å². The SMILES string of the molecule is Cc1ccc([C@@H]2[C@@H](c3ccccn3)NC(=S)N2c2ccc(Br)cc2)n1C. The van der Waals surface area contributed by atoms with Crippen molar-refractivity contribution >= 4 is 38.9 Å². The number of aryl methyl sites for hydroxylation is 1. The molecule has 3 aromatic rings. The Kier molecular flexibility index (Phi) is 4.54. The topological polar surface area (TPSA) is 33.1 Å². The van der Waals surface area contributed by atoms with E-state index >= 15 is 0 Å². The number of hydrogen-bond donors (Lipinski definition) is 1. The summed E-state index contributed by atoms with van der Waals surface area (Å²) in [6, 6.07) is 18.6. The van der Waals surface area contributed by atoms with Crippen LogP contribution in [0.5, 0.6) is 0 Å². The van der Waals surface area contributed by atoms with Crippen LogP contribution in [0, 0.1) is 6.92 Å². The highest BCUT2D eigenvalue weighted by atomic mass is 79.9. The lowest BCUT2D eigenvalue weighted by Gasteiger charge is -2.28. The van der Waals surface area contributed by atoms with Gasteiger partial charge in [0.1, 0.15) is 6.04 Å². The highest BCUT2D eigenvalue weighted by molar-refractivity contribution is 9.10. The molecule has 2 atom stereocenters. The molecule has 1 aliphatic rings. The van der Waals surface area contributed by atoms with Gasteiger partial charge < -0.3 is 14.8 Å². The average Bonchev–Trinajstić information content (AvgIpc) is 3.16. The summed E-state index contributed by atoms with van der Waals surface area (Å²) in [5.41, 5.74) is 4.47. The molecule has 3 heterocycles. The van der Waals surface area contributed by atoms with Crippen LogP contribution in [-0.4, -0.2) is 14.7 Å². The number of rotatable bonds is 3. The van der Waals surface area contributed by atoms with Gasteiger partial charge in [0.2, 0.25) is 0 Å². The maximum atomic E-state index is 5.73. The van der Waals surface area contributed by atoms with E-state index in [9.17, 15) is 0 Å². The summed E-state index contributed by atoms with van der Waals surface area (Å²) in [6.07, 6.45) is 1.83. The van der Waals surface area contributed by atoms with Crippen molar-refractivity contribution in [3.8, 4) is 0 Å². The van der Waals surface area contributed by atoms with Gasteiger partial charge in [-0.25, -0.2) is 0 Å². The van der Waals surface area contributed by atoms with Crippen molar-refractivity contribution in [3.63, 3.8) is 0 Å². The van der Waals surface area contributed by atoms with Crippen molar-refractivity contribution in [2.45, 2.75) is 19.0 Å².